The quantitative estimate of drug-likeness (QED) is 0.410. The molecule has 0 bridgehead atoms. The summed E-state index contributed by atoms with van der Waals surface area (Å²) in [5.41, 5.74) is 1.01. The Morgan fingerprint density at radius 3 is 2.59 bits per heavy atom. The number of nitrogens with zero attached hydrogens (tertiary/aromatic N) is 1. The van der Waals surface area contributed by atoms with Crippen molar-refractivity contribution in [1.82, 2.24) is 9.71 Å². The van der Waals surface area contributed by atoms with E-state index in [0.29, 0.717) is 34.7 Å². The number of halogens is 1. The fourth-order valence-corrected chi connectivity index (χ4v) is 5.10. The van der Waals surface area contributed by atoms with E-state index in [2.05, 4.69) is 9.71 Å². The number of hydrogen-bond donors (Lipinski definition) is 1. The third-order valence-corrected chi connectivity index (χ3v) is 7.06. The van der Waals surface area contributed by atoms with E-state index in [1.54, 1.807) is 24.4 Å². The van der Waals surface area contributed by atoms with Crippen LogP contribution in [0.2, 0.25) is 5.15 Å². The number of thiocarbonyl (C=S) groups is 1. The van der Waals surface area contributed by atoms with Crippen molar-refractivity contribution in [2.75, 3.05) is 20.3 Å². The fourth-order valence-electron chi connectivity index (χ4n) is 2.41. The maximum atomic E-state index is 12.6. The Balaban J connectivity index is 2.02. The molecule has 0 aliphatic rings. The fraction of sp³-hybridized carbons (Fsp3) is 0.368. The highest BCUT2D eigenvalue weighted by atomic mass is 35.5. The molecule has 0 spiro atoms. The Morgan fingerprint density at radius 1 is 1.28 bits per heavy atom. The second-order valence-electron chi connectivity index (χ2n) is 5.98. The van der Waals surface area contributed by atoms with Gasteiger partial charge in [-0.15, -0.1) is 0 Å². The average Bonchev–Trinajstić information content (AvgIpc) is 2.71. The number of aromatic nitrogens is 1. The minimum absolute atomic E-state index is 0.0993. The van der Waals surface area contributed by atoms with Crippen molar-refractivity contribution >= 4 is 50.0 Å². The van der Waals surface area contributed by atoms with E-state index in [1.165, 1.54) is 31.0 Å². The van der Waals surface area contributed by atoms with Crippen molar-refractivity contribution in [1.29, 1.82) is 0 Å². The maximum absolute atomic E-state index is 12.6. The standard InChI is InChI=1S/C19H23ClN2O4S3/c1-3-26-19(27)28-16(8-4-14-5-11-18(20)21-12-14)13-22-29(23,24)17-9-6-15(25-2)7-10-17/h5-7,9-12,16,22H,3-4,8,13H2,1-2H3. The Kier molecular flexibility index (Phi) is 9.64. The average molecular weight is 475 g/mol. The van der Waals surface area contributed by atoms with Crippen molar-refractivity contribution < 1.29 is 17.9 Å². The lowest BCUT2D eigenvalue weighted by Crippen LogP contribution is -2.31. The third kappa shape index (κ3) is 8.10. The SMILES string of the molecule is CCOC(=S)SC(CCc1ccc(Cl)nc1)CNS(=O)(=O)c1ccc(OC)cc1. The highest BCUT2D eigenvalue weighted by Gasteiger charge is 2.19. The Morgan fingerprint density at radius 2 is 2.00 bits per heavy atom. The predicted molar refractivity (Wildman–Crippen MR) is 121 cm³/mol. The van der Waals surface area contributed by atoms with Gasteiger partial charge in [-0.3, -0.25) is 0 Å². The number of nitrogens with one attached hydrogen (secondary N) is 1. The van der Waals surface area contributed by atoms with Crippen molar-refractivity contribution in [2.45, 2.75) is 29.9 Å². The van der Waals surface area contributed by atoms with Gasteiger partial charge in [0.05, 0.1) is 18.6 Å². The van der Waals surface area contributed by atoms with E-state index in [1.807, 2.05) is 13.0 Å². The molecule has 1 aromatic heterocycles. The van der Waals surface area contributed by atoms with Crippen molar-refractivity contribution in [3.05, 3.63) is 53.3 Å². The number of hydrogen-bond acceptors (Lipinski definition) is 7. The number of pyridine rings is 1. The lowest BCUT2D eigenvalue weighted by molar-refractivity contribution is 0.346. The van der Waals surface area contributed by atoms with Gasteiger partial charge in [-0.05, 0) is 67.9 Å². The predicted octanol–water partition coefficient (Wildman–Crippen LogP) is 4.08. The summed E-state index contributed by atoms with van der Waals surface area (Å²) < 4.78 is 38.7. The van der Waals surface area contributed by atoms with Crippen LogP contribution in [-0.4, -0.2) is 43.3 Å². The number of benzene rings is 1. The summed E-state index contributed by atoms with van der Waals surface area (Å²) in [4.78, 5) is 4.25. The van der Waals surface area contributed by atoms with Gasteiger partial charge in [-0.25, -0.2) is 18.1 Å². The summed E-state index contributed by atoms with van der Waals surface area (Å²) in [7, 11) is -2.12. The molecule has 0 radical (unpaired) electrons. The van der Waals surface area contributed by atoms with E-state index in [9.17, 15) is 8.42 Å². The van der Waals surface area contributed by atoms with Gasteiger partial charge in [0.15, 0.2) is 0 Å². The molecule has 29 heavy (non-hydrogen) atoms. The van der Waals surface area contributed by atoms with Gasteiger partial charge in [-0.2, -0.15) is 0 Å². The van der Waals surface area contributed by atoms with Crippen LogP contribution in [0.25, 0.3) is 0 Å². The van der Waals surface area contributed by atoms with Gasteiger partial charge in [0.2, 0.25) is 14.4 Å². The Labute approximate surface area is 186 Å². The molecule has 0 aliphatic heterocycles. The minimum atomic E-state index is -3.65. The molecule has 2 rings (SSSR count). The summed E-state index contributed by atoms with van der Waals surface area (Å²) in [6.45, 7) is 2.54. The monoisotopic (exact) mass is 474 g/mol. The second kappa shape index (κ2) is 11.7. The lowest BCUT2D eigenvalue weighted by atomic mass is 10.1. The first-order valence-electron chi connectivity index (χ1n) is 8.91. The third-order valence-electron chi connectivity index (χ3n) is 3.94. The van der Waals surface area contributed by atoms with Crippen LogP contribution in [0.15, 0.2) is 47.5 Å². The Bertz CT molecular complexity index is 891. The molecule has 0 saturated heterocycles. The van der Waals surface area contributed by atoms with Crippen molar-refractivity contribution in [2.24, 2.45) is 0 Å². The summed E-state index contributed by atoms with van der Waals surface area (Å²) in [6, 6.07) is 9.87. The van der Waals surface area contributed by atoms with E-state index < -0.39 is 10.0 Å². The van der Waals surface area contributed by atoms with Crippen LogP contribution in [0.1, 0.15) is 18.9 Å². The molecule has 0 fully saturated rings. The van der Waals surface area contributed by atoms with Crippen LogP contribution in [0.3, 0.4) is 0 Å². The number of rotatable bonds is 10. The summed E-state index contributed by atoms with van der Waals surface area (Å²) in [5.74, 6) is 0.594. The van der Waals surface area contributed by atoms with Crippen LogP contribution in [0, 0.1) is 0 Å². The summed E-state index contributed by atoms with van der Waals surface area (Å²) in [6.07, 6.45) is 3.11. The molecule has 158 valence electrons. The smallest absolute Gasteiger partial charge is 0.240 e. The van der Waals surface area contributed by atoms with Crippen LogP contribution in [-0.2, 0) is 21.2 Å². The molecule has 1 unspecified atom stereocenters. The van der Waals surface area contributed by atoms with Gasteiger partial charge in [0.1, 0.15) is 10.9 Å². The number of methoxy groups -OCH3 is 1. The molecule has 1 atom stereocenters. The molecular formula is C19H23ClN2O4S3. The molecule has 1 N–H and O–H groups in total. The zero-order valence-electron chi connectivity index (χ0n) is 16.1. The first kappa shape index (κ1) is 23.9. The van der Waals surface area contributed by atoms with Crippen LogP contribution in [0.5, 0.6) is 5.75 Å². The van der Waals surface area contributed by atoms with Crippen LogP contribution in [0.4, 0.5) is 0 Å². The van der Waals surface area contributed by atoms with Gasteiger partial charge >= 0.3 is 0 Å². The van der Waals surface area contributed by atoms with E-state index in [-0.39, 0.29) is 16.7 Å². The van der Waals surface area contributed by atoms with Crippen LogP contribution >= 0.6 is 35.6 Å². The highest BCUT2D eigenvalue weighted by molar-refractivity contribution is 8.23. The van der Waals surface area contributed by atoms with E-state index >= 15 is 0 Å². The molecule has 6 nitrogen and oxygen atoms in total. The molecule has 1 heterocycles. The molecule has 1 aromatic carbocycles. The summed E-state index contributed by atoms with van der Waals surface area (Å²) >= 11 is 12.4. The minimum Gasteiger partial charge on any atom is -0.497 e. The molecular weight excluding hydrogens is 452 g/mol. The van der Waals surface area contributed by atoms with Gasteiger partial charge in [-0.1, -0.05) is 29.4 Å². The van der Waals surface area contributed by atoms with Gasteiger partial charge in [0, 0.05) is 18.0 Å². The van der Waals surface area contributed by atoms with Crippen molar-refractivity contribution in [3.63, 3.8) is 0 Å². The second-order valence-corrected chi connectivity index (χ2v) is 10.0. The Hall–Kier alpha value is -1.39. The molecule has 2 aromatic rings. The number of thioether (sulfide) groups is 1. The molecule has 0 saturated carbocycles. The molecule has 10 heteroatoms. The lowest BCUT2D eigenvalue weighted by Gasteiger charge is -2.18. The number of ether oxygens (including phenoxy) is 2. The highest BCUT2D eigenvalue weighted by Crippen LogP contribution is 2.21. The first-order chi connectivity index (χ1) is 13.8. The zero-order valence-corrected chi connectivity index (χ0v) is 19.3. The first-order valence-corrected chi connectivity index (χ1v) is 12.1. The molecule has 0 amide bonds. The zero-order chi connectivity index (χ0) is 21.3. The maximum Gasteiger partial charge on any atom is 0.240 e. The molecule has 0 aliphatic carbocycles. The number of aryl methyl sites for hydroxylation is 1. The topological polar surface area (TPSA) is 77.5 Å². The van der Waals surface area contributed by atoms with Gasteiger partial charge in [0.25, 0.3) is 0 Å². The van der Waals surface area contributed by atoms with Gasteiger partial charge < -0.3 is 9.47 Å². The normalized spacial score (nSPS) is 12.4. The van der Waals surface area contributed by atoms with E-state index in [4.69, 9.17) is 33.3 Å². The van der Waals surface area contributed by atoms with Crippen LogP contribution < -0.4 is 9.46 Å². The van der Waals surface area contributed by atoms with Crippen molar-refractivity contribution in [3.8, 4) is 5.75 Å². The summed E-state index contributed by atoms with van der Waals surface area (Å²) in [5, 5.41) is 0.335. The number of sulfonamides is 1. The largest absolute Gasteiger partial charge is 0.497 e. The van der Waals surface area contributed by atoms with E-state index in [0.717, 1.165) is 5.56 Å².